The van der Waals surface area contributed by atoms with Crippen LogP contribution in [0.3, 0.4) is 0 Å². The van der Waals surface area contributed by atoms with E-state index in [0.717, 1.165) is 5.69 Å². The van der Waals surface area contributed by atoms with Gasteiger partial charge < -0.3 is 14.2 Å². The van der Waals surface area contributed by atoms with Gasteiger partial charge in [-0.2, -0.15) is 9.55 Å². The molecule has 0 radical (unpaired) electrons. The highest BCUT2D eigenvalue weighted by atomic mass is 32.5. The van der Waals surface area contributed by atoms with Gasteiger partial charge in [0.15, 0.2) is 0 Å². The Kier molecular flexibility index (Phi) is 3.08. The Bertz CT molecular complexity index is 352. The molecule has 13 heavy (non-hydrogen) atoms. The van der Waals surface area contributed by atoms with Crippen molar-refractivity contribution in [1.29, 1.82) is 0 Å². The molecule has 0 fully saturated rings. The Morgan fingerprint density at radius 2 is 2.23 bits per heavy atom. The number of hydrogen-bond acceptors (Lipinski definition) is 4. The van der Waals surface area contributed by atoms with Gasteiger partial charge in [0.2, 0.25) is 5.88 Å². The minimum absolute atomic E-state index is 0.408. The van der Waals surface area contributed by atoms with Gasteiger partial charge in [0, 0.05) is 13.2 Å². The van der Waals surface area contributed by atoms with Crippen LogP contribution in [0.5, 0.6) is 5.88 Å². The van der Waals surface area contributed by atoms with Crippen LogP contribution in [0.15, 0.2) is 6.07 Å². The van der Waals surface area contributed by atoms with E-state index >= 15 is 0 Å². The second kappa shape index (κ2) is 3.75. The molecule has 1 aromatic heterocycles. The van der Waals surface area contributed by atoms with Crippen LogP contribution in [0, 0.1) is 6.92 Å². The molecule has 0 aromatic carbocycles. The molecule has 1 rings (SSSR count). The lowest BCUT2D eigenvalue weighted by molar-refractivity contribution is 0.347. The molecule has 0 spiro atoms. The Morgan fingerprint density at radius 1 is 1.62 bits per heavy atom. The highest BCUT2D eigenvalue weighted by Gasteiger charge is 2.20. The van der Waals surface area contributed by atoms with E-state index in [-0.39, 0.29) is 0 Å². The molecule has 1 aromatic rings. The second-order valence-electron chi connectivity index (χ2n) is 2.39. The fourth-order valence-corrected chi connectivity index (χ4v) is 2.01. The molecule has 74 valence electrons. The molecule has 1 heterocycles. The van der Waals surface area contributed by atoms with Gasteiger partial charge in [0.25, 0.3) is 0 Å². The van der Waals surface area contributed by atoms with E-state index in [2.05, 4.69) is 5.10 Å². The number of aromatic nitrogens is 2. The molecule has 1 unspecified atom stereocenters. The number of hydrogen-bond donors (Lipinski definition) is 1. The second-order valence-corrected chi connectivity index (χ2v) is 5.54. The maximum atomic E-state index is 9.64. The standard InChI is InChI=1S/C6H11N2O3PS/c1-5-4-6(10-2)8(7-5)12(9,13)11-3/h4H,1-3H3,(H,9,13). The first-order valence-corrected chi connectivity index (χ1v) is 6.14. The van der Waals surface area contributed by atoms with Crippen LogP contribution < -0.4 is 4.74 Å². The zero-order valence-corrected chi connectivity index (χ0v) is 9.30. The lowest BCUT2D eigenvalue weighted by Gasteiger charge is -2.14. The third kappa shape index (κ3) is 2.08. The minimum atomic E-state index is -3.05. The Morgan fingerprint density at radius 3 is 2.69 bits per heavy atom. The van der Waals surface area contributed by atoms with Gasteiger partial charge in [0.05, 0.1) is 12.8 Å². The lowest BCUT2D eigenvalue weighted by atomic mass is 10.5. The number of nitrogens with zero attached hydrogens (tertiary/aromatic N) is 2. The summed E-state index contributed by atoms with van der Waals surface area (Å²) in [5, 5.41) is 3.99. The predicted molar refractivity (Wildman–Crippen MR) is 52.4 cm³/mol. The van der Waals surface area contributed by atoms with Crippen molar-refractivity contribution in [3.63, 3.8) is 0 Å². The van der Waals surface area contributed by atoms with Crippen LogP contribution in [0.2, 0.25) is 0 Å². The summed E-state index contributed by atoms with van der Waals surface area (Å²) in [5.41, 5.74) is 0.720. The predicted octanol–water partition coefficient (Wildman–Crippen LogP) is 0.911. The summed E-state index contributed by atoms with van der Waals surface area (Å²) >= 11 is 4.84. The number of methoxy groups -OCH3 is 1. The van der Waals surface area contributed by atoms with E-state index in [4.69, 9.17) is 21.1 Å². The van der Waals surface area contributed by atoms with Crippen LogP contribution in [0.25, 0.3) is 0 Å². The van der Waals surface area contributed by atoms with Crippen molar-refractivity contribution in [2.75, 3.05) is 14.2 Å². The molecular weight excluding hydrogens is 211 g/mol. The Hall–Kier alpha value is -0.420. The average molecular weight is 222 g/mol. The molecular formula is C6H11N2O3PS. The first-order chi connectivity index (χ1) is 6.01. The number of ether oxygens (including phenoxy) is 1. The maximum Gasteiger partial charge on any atom is 0.310 e. The minimum Gasteiger partial charge on any atom is -0.481 e. The Labute approximate surface area is 81.5 Å². The molecule has 0 saturated heterocycles. The van der Waals surface area contributed by atoms with Gasteiger partial charge in [0.1, 0.15) is 0 Å². The molecule has 1 N–H and O–H groups in total. The molecule has 0 aliphatic rings. The van der Waals surface area contributed by atoms with Crippen molar-refractivity contribution >= 4 is 18.4 Å². The molecule has 5 nitrogen and oxygen atoms in total. The topological polar surface area (TPSA) is 56.5 Å². The molecule has 0 aliphatic carbocycles. The van der Waals surface area contributed by atoms with E-state index in [1.165, 1.54) is 18.7 Å². The SMILES string of the molecule is COc1cc(C)nn1P(O)(=S)OC. The summed E-state index contributed by atoms with van der Waals surface area (Å²) < 4.78 is 11.0. The Balaban J connectivity index is 3.20. The summed E-state index contributed by atoms with van der Waals surface area (Å²) in [6.45, 7) is -1.26. The van der Waals surface area contributed by atoms with Crippen LogP contribution >= 0.6 is 6.64 Å². The summed E-state index contributed by atoms with van der Waals surface area (Å²) in [4.78, 5) is 9.64. The van der Waals surface area contributed by atoms with Crippen molar-refractivity contribution in [2.45, 2.75) is 6.92 Å². The first kappa shape index (κ1) is 10.7. The van der Waals surface area contributed by atoms with E-state index in [0.29, 0.717) is 5.88 Å². The molecule has 1 atom stereocenters. The number of rotatable bonds is 3. The maximum absolute atomic E-state index is 9.64. The van der Waals surface area contributed by atoms with Crippen molar-refractivity contribution < 1.29 is 14.2 Å². The van der Waals surface area contributed by atoms with E-state index in [9.17, 15) is 4.89 Å². The van der Waals surface area contributed by atoms with Crippen LogP contribution in [0.4, 0.5) is 0 Å². The molecule has 0 saturated carbocycles. The quantitative estimate of drug-likeness (QED) is 0.770. The number of aryl methyl sites for hydroxylation is 1. The van der Waals surface area contributed by atoms with Crippen LogP contribution in [0.1, 0.15) is 5.69 Å². The van der Waals surface area contributed by atoms with Crippen LogP contribution in [-0.2, 0) is 16.3 Å². The zero-order chi connectivity index (χ0) is 10.1. The molecule has 0 amide bonds. The van der Waals surface area contributed by atoms with Crippen molar-refractivity contribution in [1.82, 2.24) is 9.55 Å². The van der Waals surface area contributed by atoms with Gasteiger partial charge in [-0.15, -0.1) is 0 Å². The fraction of sp³-hybridized carbons (Fsp3) is 0.500. The van der Waals surface area contributed by atoms with Crippen molar-refractivity contribution in [3.8, 4) is 5.88 Å². The highest BCUT2D eigenvalue weighted by Crippen LogP contribution is 2.45. The summed E-state index contributed by atoms with van der Waals surface area (Å²) in [6.07, 6.45) is 0. The summed E-state index contributed by atoms with van der Waals surface area (Å²) in [7, 11) is 2.83. The van der Waals surface area contributed by atoms with Gasteiger partial charge in [-0.3, -0.25) is 0 Å². The fourth-order valence-electron chi connectivity index (χ4n) is 0.863. The summed E-state index contributed by atoms with van der Waals surface area (Å²) in [5.74, 6) is 0.408. The highest BCUT2D eigenvalue weighted by molar-refractivity contribution is 8.08. The summed E-state index contributed by atoms with van der Waals surface area (Å²) in [6, 6.07) is 1.68. The van der Waals surface area contributed by atoms with Crippen molar-refractivity contribution in [3.05, 3.63) is 11.8 Å². The van der Waals surface area contributed by atoms with Gasteiger partial charge in [-0.1, -0.05) is 0 Å². The van der Waals surface area contributed by atoms with Gasteiger partial charge >= 0.3 is 6.64 Å². The van der Waals surface area contributed by atoms with E-state index < -0.39 is 6.64 Å². The average Bonchev–Trinajstić information content (AvgIpc) is 2.47. The van der Waals surface area contributed by atoms with Gasteiger partial charge in [-0.25, -0.2) is 0 Å². The zero-order valence-electron chi connectivity index (χ0n) is 7.59. The third-order valence-corrected chi connectivity index (χ3v) is 3.62. The largest absolute Gasteiger partial charge is 0.481 e. The first-order valence-electron chi connectivity index (χ1n) is 3.51. The van der Waals surface area contributed by atoms with E-state index in [1.54, 1.807) is 13.0 Å². The molecule has 0 bridgehead atoms. The third-order valence-electron chi connectivity index (χ3n) is 1.47. The lowest BCUT2D eigenvalue weighted by Crippen LogP contribution is -2.02. The monoisotopic (exact) mass is 222 g/mol. The van der Waals surface area contributed by atoms with Crippen LogP contribution in [-0.4, -0.2) is 28.7 Å². The molecule has 0 aliphatic heterocycles. The van der Waals surface area contributed by atoms with Gasteiger partial charge in [-0.05, 0) is 18.7 Å². The smallest absolute Gasteiger partial charge is 0.310 e. The van der Waals surface area contributed by atoms with E-state index in [1.807, 2.05) is 0 Å². The molecule has 7 heteroatoms. The van der Waals surface area contributed by atoms with Crippen molar-refractivity contribution in [2.24, 2.45) is 0 Å². The normalized spacial score (nSPS) is 15.4.